The zero-order valence-electron chi connectivity index (χ0n) is 4.07. The third-order valence-corrected chi connectivity index (χ3v) is 0. The van der Waals surface area contributed by atoms with Crippen molar-refractivity contribution in [1.29, 1.82) is 0 Å². The van der Waals surface area contributed by atoms with Crippen LogP contribution in [0, 0.1) is 0 Å². The van der Waals surface area contributed by atoms with Gasteiger partial charge in [0.2, 0.25) is 0 Å². The highest BCUT2D eigenvalue weighted by Gasteiger charge is 1.84. The zero-order valence-corrected chi connectivity index (χ0v) is 4.88. The van der Waals surface area contributed by atoms with Gasteiger partial charge in [0.25, 0.3) is 0 Å². The molecule has 0 heterocycles. The zero-order chi connectivity index (χ0) is 6.50. The molecule has 0 saturated carbocycles. The van der Waals surface area contributed by atoms with E-state index in [2.05, 4.69) is 0 Å². The van der Waals surface area contributed by atoms with Crippen LogP contribution in [0.4, 0.5) is 0 Å². The van der Waals surface area contributed by atoms with Crippen molar-refractivity contribution in [1.82, 2.24) is 0 Å². The lowest BCUT2D eigenvalue weighted by atomic mass is 11.8. The van der Waals surface area contributed by atoms with E-state index in [0.717, 1.165) is 7.11 Å². The van der Waals surface area contributed by atoms with Crippen LogP contribution < -0.4 is 0 Å². The van der Waals surface area contributed by atoms with Gasteiger partial charge in [0.15, 0.2) is 0 Å². The Kier molecular flexibility index (Phi) is 13.3. The highest BCUT2D eigenvalue weighted by molar-refractivity contribution is 7.79. The van der Waals surface area contributed by atoms with E-state index >= 15 is 0 Å². The van der Waals surface area contributed by atoms with Crippen LogP contribution in [0.2, 0.25) is 0 Å². The lowest BCUT2D eigenvalue weighted by Crippen LogP contribution is -1.89. The van der Waals surface area contributed by atoms with Crippen molar-refractivity contribution in [2.24, 2.45) is 0 Å². The molecule has 5 N–H and O–H groups in total. The van der Waals surface area contributed by atoms with Gasteiger partial charge < -0.3 is 10.6 Å². The van der Waals surface area contributed by atoms with Gasteiger partial charge in [0.05, 0.1) is 0 Å². The van der Waals surface area contributed by atoms with E-state index in [-0.39, 0.29) is 9.76 Å². The largest absolute Gasteiger partial charge is 0.412 e. The first-order chi connectivity index (χ1) is 3.00. The van der Waals surface area contributed by atoms with Crippen LogP contribution in [-0.2, 0) is 10.4 Å². The second kappa shape index (κ2) is 6.79. The van der Waals surface area contributed by atoms with Gasteiger partial charge in [-0.05, 0) is 0 Å². The molecule has 8 heavy (non-hydrogen) atoms. The van der Waals surface area contributed by atoms with Gasteiger partial charge in [-0.15, -0.1) is 0 Å². The van der Waals surface area contributed by atoms with Crippen molar-refractivity contribution in [3.8, 4) is 0 Å². The standard InChI is InChI=1S/CH4O.H2O4S.H2O.3H2/c1-2;1-5(2,3)4;;;;/h2H,1H3;(H2,1,2,3,4);1H2;3*1H. The predicted molar refractivity (Wildman–Crippen MR) is 32.3 cm³/mol. The minimum Gasteiger partial charge on any atom is -0.412 e. The second-order valence-corrected chi connectivity index (χ2v) is 1.34. The molecule has 6 nitrogen and oxygen atoms in total. The van der Waals surface area contributed by atoms with E-state index in [9.17, 15) is 0 Å². The molecule has 0 aromatic heterocycles. The SMILES string of the molecule is CO.O.O=S(=O)(O)O.[HH].[HH].[HH]. The molecule has 0 amide bonds. The fourth-order valence-electron chi connectivity index (χ4n) is 0. The minimum atomic E-state index is -4.67. The van der Waals surface area contributed by atoms with Crippen LogP contribution in [0.5, 0.6) is 0 Å². The van der Waals surface area contributed by atoms with Crippen molar-refractivity contribution in [3.63, 3.8) is 0 Å². The van der Waals surface area contributed by atoms with Crippen LogP contribution in [0.25, 0.3) is 0 Å². The molecule has 0 bridgehead atoms. The van der Waals surface area contributed by atoms with Crippen LogP contribution in [-0.4, -0.2) is 35.2 Å². The normalized spacial score (nSPS) is 8.00. The third-order valence-electron chi connectivity index (χ3n) is 0. The molecular weight excluding hydrogens is 140 g/mol. The summed E-state index contributed by atoms with van der Waals surface area (Å²) in [7, 11) is -3.67. The average Bonchev–Trinajstić information content (AvgIpc) is 1.36. The average molecular weight is 154 g/mol. The fourth-order valence-corrected chi connectivity index (χ4v) is 0. The Morgan fingerprint density at radius 2 is 1.25 bits per heavy atom. The monoisotopic (exact) mass is 154 g/mol. The summed E-state index contributed by atoms with van der Waals surface area (Å²) in [5, 5.41) is 7.00. The quantitative estimate of drug-likeness (QED) is 0.380. The molecule has 0 rings (SSSR count). The lowest BCUT2D eigenvalue weighted by Gasteiger charge is -1.68. The summed E-state index contributed by atoms with van der Waals surface area (Å²) in [5.41, 5.74) is 0. The Hall–Kier alpha value is -0.210. The molecule has 0 saturated heterocycles. The van der Waals surface area contributed by atoms with Gasteiger partial charge in [-0.3, -0.25) is 9.11 Å². The molecular formula is CH14O6S. The first kappa shape index (κ1) is 15.7. The number of aliphatic hydroxyl groups is 1. The Bertz CT molecular complexity index is 101. The summed E-state index contributed by atoms with van der Waals surface area (Å²) in [4.78, 5) is 0. The summed E-state index contributed by atoms with van der Waals surface area (Å²) in [6, 6.07) is 0. The molecule has 0 aliphatic rings. The summed E-state index contributed by atoms with van der Waals surface area (Å²) >= 11 is 0. The molecule has 0 radical (unpaired) electrons. The van der Waals surface area contributed by atoms with Crippen molar-refractivity contribution in [2.45, 2.75) is 0 Å². The maximum atomic E-state index is 8.74. The predicted octanol–water partition coefficient (Wildman–Crippen LogP) is -1.13. The van der Waals surface area contributed by atoms with Crippen LogP contribution in [0.3, 0.4) is 0 Å². The molecule has 7 heteroatoms. The van der Waals surface area contributed by atoms with Crippen LogP contribution in [0.15, 0.2) is 0 Å². The molecule has 60 valence electrons. The van der Waals surface area contributed by atoms with E-state index in [1.54, 1.807) is 0 Å². The van der Waals surface area contributed by atoms with Crippen molar-refractivity contribution in [2.75, 3.05) is 7.11 Å². The Morgan fingerprint density at radius 3 is 1.25 bits per heavy atom. The highest BCUT2D eigenvalue weighted by Crippen LogP contribution is 1.59. The van der Waals surface area contributed by atoms with E-state index in [4.69, 9.17) is 22.6 Å². The van der Waals surface area contributed by atoms with E-state index < -0.39 is 10.4 Å². The molecule has 0 unspecified atom stereocenters. The summed E-state index contributed by atoms with van der Waals surface area (Å²) < 4.78 is 31.6. The second-order valence-electron chi connectivity index (χ2n) is 0.448. The molecule has 0 atom stereocenters. The molecule has 0 aliphatic heterocycles. The summed E-state index contributed by atoms with van der Waals surface area (Å²) in [6.07, 6.45) is 0. The van der Waals surface area contributed by atoms with Crippen LogP contribution >= 0.6 is 0 Å². The van der Waals surface area contributed by atoms with E-state index in [1.165, 1.54) is 0 Å². The molecule has 0 aromatic carbocycles. The van der Waals surface area contributed by atoms with Crippen LogP contribution in [0.1, 0.15) is 4.28 Å². The van der Waals surface area contributed by atoms with E-state index in [0.29, 0.717) is 0 Å². The highest BCUT2D eigenvalue weighted by atomic mass is 32.3. The Labute approximate surface area is 51.1 Å². The van der Waals surface area contributed by atoms with Gasteiger partial charge in [-0.25, -0.2) is 0 Å². The van der Waals surface area contributed by atoms with Gasteiger partial charge in [-0.1, -0.05) is 0 Å². The third kappa shape index (κ3) is 3010. The number of rotatable bonds is 0. The van der Waals surface area contributed by atoms with Crippen molar-refractivity contribution in [3.05, 3.63) is 0 Å². The van der Waals surface area contributed by atoms with Gasteiger partial charge in [0.1, 0.15) is 0 Å². The van der Waals surface area contributed by atoms with Gasteiger partial charge in [0, 0.05) is 11.4 Å². The first-order valence-electron chi connectivity index (χ1n) is 1.15. The van der Waals surface area contributed by atoms with Gasteiger partial charge >= 0.3 is 10.4 Å². The van der Waals surface area contributed by atoms with E-state index in [1.807, 2.05) is 0 Å². The van der Waals surface area contributed by atoms with Crippen molar-refractivity contribution >= 4 is 10.4 Å². The molecule has 0 spiro atoms. The molecule has 0 fully saturated rings. The number of aliphatic hydroxyl groups excluding tert-OH is 1. The minimum absolute atomic E-state index is 0. The smallest absolute Gasteiger partial charge is 0.394 e. The first-order valence-corrected chi connectivity index (χ1v) is 2.54. The number of hydrogen-bond donors (Lipinski definition) is 3. The van der Waals surface area contributed by atoms with Gasteiger partial charge in [-0.2, -0.15) is 8.42 Å². The molecule has 0 aliphatic carbocycles. The maximum Gasteiger partial charge on any atom is 0.394 e. The topological polar surface area (TPSA) is 126 Å². The van der Waals surface area contributed by atoms with Crippen molar-refractivity contribution < 1.29 is 32.4 Å². The Morgan fingerprint density at radius 1 is 1.25 bits per heavy atom. The summed E-state index contributed by atoms with van der Waals surface area (Å²) in [6.45, 7) is 0. The number of hydrogen-bond acceptors (Lipinski definition) is 3. The summed E-state index contributed by atoms with van der Waals surface area (Å²) in [5.74, 6) is 0. The lowest BCUT2D eigenvalue weighted by molar-refractivity contribution is 0.381. The Balaban J connectivity index is -0.00000000972. The maximum absolute atomic E-state index is 8.74. The fraction of sp³-hybridized carbons (Fsp3) is 1.00. The molecule has 0 aromatic rings.